The summed E-state index contributed by atoms with van der Waals surface area (Å²) in [6, 6.07) is 8.40. The summed E-state index contributed by atoms with van der Waals surface area (Å²) in [7, 11) is 2.08. The van der Waals surface area contributed by atoms with Gasteiger partial charge in [-0.1, -0.05) is 24.3 Å². The van der Waals surface area contributed by atoms with Gasteiger partial charge in [-0.15, -0.1) is 0 Å². The van der Waals surface area contributed by atoms with E-state index in [4.69, 9.17) is 0 Å². The largest absolute Gasteiger partial charge is 0.337 e. The molecule has 1 aromatic carbocycles. The minimum atomic E-state index is -0.0380. The highest BCUT2D eigenvalue weighted by atomic mass is 16.2. The van der Waals surface area contributed by atoms with E-state index in [-0.39, 0.29) is 11.9 Å². The molecule has 2 aliphatic heterocycles. The van der Waals surface area contributed by atoms with Gasteiger partial charge in [-0.3, -0.25) is 4.79 Å². The van der Waals surface area contributed by atoms with Gasteiger partial charge >= 0.3 is 0 Å². The van der Waals surface area contributed by atoms with Gasteiger partial charge in [0, 0.05) is 32.7 Å². The van der Waals surface area contributed by atoms with E-state index in [9.17, 15) is 4.79 Å². The van der Waals surface area contributed by atoms with E-state index in [0.717, 1.165) is 39.1 Å². The fraction of sp³-hybridized carbons (Fsp3) is 0.533. The van der Waals surface area contributed by atoms with E-state index < -0.39 is 0 Å². The SMILES string of the molecule is CN1CCNC(C(=O)N2CCc3ccccc3C2)C1. The Morgan fingerprint density at radius 3 is 2.84 bits per heavy atom. The number of hydrogen-bond acceptors (Lipinski definition) is 3. The Labute approximate surface area is 114 Å². The number of fused-ring (bicyclic) bond motifs is 1. The molecule has 1 N–H and O–H groups in total. The van der Waals surface area contributed by atoms with Crippen LogP contribution in [0, 0.1) is 0 Å². The number of benzene rings is 1. The number of piperazine rings is 1. The van der Waals surface area contributed by atoms with Gasteiger partial charge in [-0.25, -0.2) is 0 Å². The van der Waals surface area contributed by atoms with Crippen molar-refractivity contribution in [2.24, 2.45) is 0 Å². The zero-order chi connectivity index (χ0) is 13.2. The van der Waals surface area contributed by atoms with Crippen molar-refractivity contribution in [1.29, 1.82) is 0 Å². The smallest absolute Gasteiger partial charge is 0.241 e. The maximum absolute atomic E-state index is 12.5. The normalized spacial score (nSPS) is 24.1. The number of carbonyl (C=O) groups is 1. The van der Waals surface area contributed by atoms with Crippen molar-refractivity contribution in [2.75, 3.05) is 33.2 Å². The quantitative estimate of drug-likeness (QED) is 0.796. The van der Waals surface area contributed by atoms with E-state index in [2.05, 4.69) is 41.5 Å². The van der Waals surface area contributed by atoms with Crippen LogP contribution < -0.4 is 5.32 Å². The van der Waals surface area contributed by atoms with Crippen molar-refractivity contribution in [3.63, 3.8) is 0 Å². The topological polar surface area (TPSA) is 35.6 Å². The Kier molecular flexibility index (Phi) is 3.53. The predicted molar refractivity (Wildman–Crippen MR) is 74.9 cm³/mol. The number of nitrogens with zero attached hydrogens (tertiary/aromatic N) is 2. The van der Waals surface area contributed by atoms with Gasteiger partial charge in [0.1, 0.15) is 0 Å². The van der Waals surface area contributed by atoms with E-state index in [1.54, 1.807) is 0 Å². The Morgan fingerprint density at radius 1 is 1.26 bits per heavy atom. The monoisotopic (exact) mass is 259 g/mol. The van der Waals surface area contributed by atoms with Gasteiger partial charge in [-0.2, -0.15) is 0 Å². The number of rotatable bonds is 1. The zero-order valence-corrected chi connectivity index (χ0v) is 11.4. The van der Waals surface area contributed by atoms with Crippen LogP contribution in [-0.2, 0) is 17.8 Å². The van der Waals surface area contributed by atoms with Crippen molar-refractivity contribution in [2.45, 2.75) is 19.0 Å². The van der Waals surface area contributed by atoms with Gasteiger partial charge < -0.3 is 15.1 Å². The molecule has 2 heterocycles. The molecule has 1 aromatic rings. The van der Waals surface area contributed by atoms with Crippen molar-refractivity contribution >= 4 is 5.91 Å². The number of amides is 1. The van der Waals surface area contributed by atoms with Gasteiger partial charge in [0.15, 0.2) is 0 Å². The van der Waals surface area contributed by atoms with Gasteiger partial charge in [0.05, 0.1) is 6.04 Å². The van der Waals surface area contributed by atoms with E-state index in [1.807, 2.05) is 4.90 Å². The lowest BCUT2D eigenvalue weighted by Crippen LogP contribution is -2.57. The first-order valence-electron chi connectivity index (χ1n) is 7.01. The predicted octanol–water partition coefficient (Wildman–Crippen LogP) is 0.475. The molecule has 0 aliphatic carbocycles. The third-order valence-electron chi connectivity index (χ3n) is 4.12. The molecule has 0 bridgehead atoms. The first-order chi connectivity index (χ1) is 9.24. The fourth-order valence-electron chi connectivity index (χ4n) is 2.97. The Hall–Kier alpha value is -1.39. The zero-order valence-electron chi connectivity index (χ0n) is 11.4. The number of carbonyl (C=O) groups excluding carboxylic acids is 1. The lowest BCUT2D eigenvalue weighted by Gasteiger charge is -2.36. The van der Waals surface area contributed by atoms with Crippen LogP contribution in [0.1, 0.15) is 11.1 Å². The van der Waals surface area contributed by atoms with Gasteiger partial charge in [0.25, 0.3) is 0 Å². The fourth-order valence-corrected chi connectivity index (χ4v) is 2.97. The lowest BCUT2D eigenvalue weighted by molar-refractivity contribution is -0.135. The van der Waals surface area contributed by atoms with E-state index in [1.165, 1.54) is 11.1 Å². The number of hydrogen-bond donors (Lipinski definition) is 1. The van der Waals surface area contributed by atoms with Crippen LogP contribution in [0.3, 0.4) is 0 Å². The molecule has 0 radical (unpaired) electrons. The summed E-state index contributed by atoms with van der Waals surface area (Å²) >= 11 is 0. The molecule has 3 rings (SSSR count). The summed E-state index contributed by atoms with van der Waals surface area (Å²) in [4.78, 5) is 16.8. The molecule has 4 nitrogen and oxygen atoms in total. The first kappa shape index (κ1) is 12.6. The molecule has 1 amide bonds. The molecule has 1 fully saturated rings. The summed E-state index contributed by atoms with van der Waals surface area (Å²) in [6.07, 6.45) is 0.977. The molecular weight excluding hydrogens is 238 g/mol. The van der Waals surface area contributed by atoms with E-state index >= 15 is 0 Å². The van der Waals surface area contributed by atoms with Crippen LogP contribution in [0.4, 0.5) is 0 Å². The summed E-state index contributed by atoms with van der Waals surface area (Å²) in [5.41, 5.74) is 2.69. The van der Waals surface area contributed by atoms with Crippen LogP contribution in [0.2, 0.25) is 0 Å². The highest BCUT2D eigenvalue weighted by Gasteiger charge is 2.29. The highest BCUT2D eigenvalue weighted by molar-refractivity contribution is 5.82. The summed E-state index contributed by atoms with van der Waals surface area (Å²) in [5.74, 6) is 0.251. The maximum Gasteiger partial charge on any atom is 0.241 e. The minimum absolute atomic E-state index is 0.0380. The summed E-state index contributed by atoms with van der Waals surface area (Å²) in [6.45, 7) is 4.34. The number of nitrogens with one attached hydrogen (secondary N) is 1. The highest BCUT2D eigenvalue weighted by Crippen LogP contribution is 2.19. The third kappa shape index (κ3) is 2.65. The summed E-state index contributed by atoms with van der Waals surface area (Å²) in [5, 5.41) is 3.34. The minimum Gasteiger partial charge on any atom is -0.337 e. The van der Waals surface area contributed by atoms with Crippen LogP contribution in [0.25, 0.3) is 0 Å². The first-order valence-corrected chi connectivity index (χ1v) is 7.01. The van der Waals surface area contributed by atoms with Crippen molar-refractivity contribution in [3.05, 3.63) is 35.4 Å². The molecule has 102 valence electrons. The molecule has 0 spiro atoms. The maximum atomic E-state index is 12.5. The van der Waals surface area contributed by atoms with Crippen LogP contribution >= 0.6 is 0 Å². The molecular formula is C15H21N3O. The Bertz CT molecular complexity index is 474. The standard InChI is InChI=1S/C15H21N3O/c1-17-9-7-16-14(11-17)15(19)18-8-6-12-4-2-3-5-13(12)10-18/h2-5,14,16H,6-11H2,1H3. The second-order valence-corrected chi connectivity index (χ2v) is 5.55. The van der Waals surface area contributed by atoms with Gasteiger partial charge in [-0.05, 0) is 24.6 Å². The van der Waals surface area contributed by atoms with Gasteiger partial charge in [0.2, 0.25) is 5.91 Å². The van der Waals surface area contributed by atoms with E-state index in [0.29, 0.717) is 0 Å². The molecule has 4 heteroatoms. The van der Waals surface area contributed by atoms with Crippen molar-refractivity contribution in [1.82, 2.24) is 15.1 Å². The Balaban J connectivity index is 1.69. The molecule has 0 aromatic heterocycles. The average Bonchev–Trinajstić information content (AvgIpc) is 2.46. The summed E-state index contributed by atoms with van der Waals surface area (Å²) < 4.78 is 0. The van der Waals surface area contributed by atoms with Crippen molar-refractivity contribution in [3.8, 4) is 0 Å². The van der Waals surface area contributed by atoms with Crippen molar-refractivity contribution < 1.29 is 4.79 Å². The number of likely N-dealkylation sites (N-methyl/N-ethyl adjacent to an activating group) is 1. The molecule has 19 heavy (non-hydrogen) atoms. The molecule has 2 aliphatic rings. The Morgan fingerprint density at radius 2 is 2.05 bits per heavy atom. The van der Waals surface area contributed by atoms with Crippen LogP contribution in [0.5, 0.6) is 0 Å². The second kappa shape index (κ2) is 5.31. The van der Waals surface area contributed by atoms with Crippen LogP contribution in [0.15, 0.2) is 24.3 Å². The molecule has 1 saturated heterocycles. The molecule has 0 saturated carbocycles. The van der Waals surface area contributed by atoms with Crippen LogP contribution in [-0.4, -0.2) is 55.0 Å². The molecule has 1 atom stereocenters. The third-order valence-corrected chi connectivity index (χ3v) is 4.12. The second-order valence-electron chi connectivity index (χ2n) is 5.55. The molecule has 1 unspecified atom stereocenters. The lowest BCUT2D eigenvalue weighted by atomic mass is 9.99. The average molecular weight is 259 g/mol.